The molecule has 2 amide bonds. The van der Waals surface area contributed by atoms with Crippen molar-refractivity contribution in [3.63, 3.8) is 0 Å². The van der Waals surface area contributed by atoms with E-state index in [2.05, 4.69) is 0 Å². The van der Waals surface area contributed by atoms with Gasteiger partial charge in [-0.2, -0.15) is 13.2 Å². The smallest absolute Gasteiger partial charge is 0.416 e. The van der Waals surface area contributed by atoms with Crippen LogP contribution in [0.4, 0.5) is 13.2 Å². The number of halogens is 3. The van der Waals surface area contributed by atoms with Gasteiger partial charge in [0.1, 0.15) is 0 Å². The maximum atomic E-state index is 12.6. The third-order valence-corrected chi connectivity index (χ3v) is 4.30. The molecular weight excluding hydrogens is 353 g/mol. The number of benzene rings is 1. The molecule has 6 nitrogen and oxygen atoms in total. The average molecular weight is 372 g/mol. The highest BCUT2D eigenvalue weighted by Gasteiger charge is 2.31. The lowest BCUT2D eigenvalue weighted by molar-refractivity contribution is -0.146. The molecule has 142 valence electrons. The van der Waals surface area contributed by atoms with Gasteiger partial charge in [-0.15, -0.1) is 0 Å². The highest BCUT2D eigenvalue weighted by atomic mass is 19.4. The van der Waals surface area contributed by atoms with Crippen LogP contribution in [-0.2, 0) is 15.8 Å². The van der Waals surface area contributed by atoms with E-state index in [0.29, 0.717) is 19.4 Å². The summed E-state index contributed by atoms with van der Waals surface area (Å²) >= 11 is 0. The number of nitrogens with zero attached hydrogens (tertiary/aromatic N) is 2. The van der Waals surface area contributed by atoms with Gasteiger partial charge in [-0.05, 0) is 37.1 Å². The van der Waals surface area contributed by atoms with E-state index >= 15 is 0 Å². The number of likely N-dealkylation sites (tertiary alicyclic amines) is 1. The van der Waals surface area contributed by atoms with Crippen molar-refractivity contribution in [2.75, 3.05) is 26.7 Å². The SMILES string of the molecule is CN(CC(=O)N1CCCC(C(=O)O)C1)C(=O)c1ccc(C(F)(F)F)cc1. The summed E-state index contributed by atoms with van der Waals surface area (Å²) in [4.78, 5) is 38.1. The molecule has 0 aliphatic carbocycles. The van der Waals surface area contributed by atoms with Gasteiger partial charge in [-0.25, -0.2) is 0 Å². The second kappa shape index (κ2) is 7.76. The Labute approximate surface area is 148 Å². The molecule has 0 radical (unpaired) electrons. The predicted molar refractivity (Wildman–Crippen MR) is 85.3 cm³/mol. The third-order valence-electron chi connectivity index (χ3n) is 4.30. The molecular formula is C17H19F3N2O4. The maximum Gasteiger partial charge on any atom is 0.416 e. The molecule has 9 heteroatoms. The second-order valence-corrected chi connectivity index (χ2v) is 6.25. The van der Waals surface area contributed by atoms with Crippen LogP contribution >= 0.6 is 0 Å². The zero-order valence-electron chi connectivity index (χ0n) is 14.1. The standard InChI is InChI=1S/C17H19F3N2O4/c1-21(10-14(23)22-8-2-3-12(9-22)16(25)26)15(24)11-4-6-13(7-5-11)17(18,19)20/h4-7,12H,2-3,8-10H2,1H3,(H,25,26). The molecule has 1 unspecified atom stereocenters. The van der Waals surface area contributed by atoms with E-state index in [1.165, 1.54) is 11.9 Å². The van der Waals surface area contributed by atoms with Crippen LogP contribution in [0.2, 0.25) is 0 Å². The van der Waals surface area contributed by atoms with Crippen LogP contribution in [0.1, 0.15) is 28.8 Å². The van der Waals surface area contributed by atoms with Gasteiger partial charge < -0.3 is 14.9 Å². The number of hydrogen-bond donors (Lipinski definition) is 1. The predicted octanol–water partition coefficient (Wildman–Crippen LogP) is 2.10. The van der Waals surface area contributed by atoms with Crippen LogP contribution in [-0.4, -0.2) is 59.4 Å². The van der Waals surface area contributed by atoms with Crippen molar-refractivity contribution in [3.8, 4) is 0 Å². The normalized spacial score (nSPS) is 17.7. The minimum atomic E-state index is -4.49. The Morgan fingerprint density at radius 3 is 2.38 bits per heavy atom. The topological polar surface area (TPSA) is 77.9 Å². The molecule has 26 heavy (non-hydrogen) atoms. The summed E-state index contributed by atoms with van der Waals surface area (Å²) in [6.07, 6.45) is -3.42. The number of alkyl halides is 3. The first-order valence-electron chi connectivity index (χ1n) is 8.03. The molecule has 1 aromatic carbocycles. The van der Waals surface area contributed by atoms with Gasteiger partial charge in [0.25, 0.3) is 5.91 Å². The number of aliphatic carboxylic acids is 1. The zero-order valence-corrected chi connectivity index (χ0v) is 14.1. The van der Waals surface area contributed by atoms with Crippen LogP contribution in [0.15, 0.2) is 24.3 Å². The summed E-state index contributed by atoms with van der Waals surface area (Å²) in [6, 6.07) is 3.75. The Bertz CT molecular complexity index is 688. The molecule has 1 heterocycles. The lowest BCUT2D eigenvalue weighted by atomic mass is 9.98. The molecule has 1 N–H and O–H groups in total. The molecule has 1 aromatic rings. The molecule has 0 bridgehead atoms. The fraction of sp³-hybridized carbons (Fsp3) is 0.471. The number of rotatable bonds is 4. The summed E-state index contributed by atoms with van der Waals surface area (Å²) < 4.78 is 37.7. The fourth-order valence-corrected chi connectivity index (χ4v) is 2.80. The summed E-state index contributed by atoms with van der Waals surface area (Å²) in [7, 11) is 1.37. The summed E-state index contributed by atoms with van der Waals surface area (Å²) in [5.41, 5.74) is -0.823. The van der Waals surface area contributed by atoms with Gasteiger partial charge in [0.2, 0.25) is 5.91 Å². The Balaban J connectivity index is 1.98. The van der Waals surface area contributed by atoms with Gasteiger partial charge in [0.15, 0.2) is 0 Å². The summed E-state index contributed by atoms with van der Waals surface area (Å²) in [5, 5.41) is 9.05. The van der Waals surface area contributed by atoms with Crippen LogP contribution < -0.4 is 0 Å². The van der Waals surface area contributed by atoms with Gasteiger partial charge in [0.05, 0.1) is 18.0 Å². The van der Waals surface area contributed by atoms with Crippen molar-refractivity contribution in [2.45, 2.75) is 19.0 Å². The fourth-order valence-electron chi connectivity index (χ4n) is 2.80. The number of piperidine rings is 1. The van der Waals surface area contributed by atoms with Crippen LogP contribution in [0.5, 0.6) is 0 Å². The average Bonchev–Trinajstić information content (AvgIpc) is 2.60. The van der Waals surface area contributed by atoms with Gasteiger partial charge in [-0.1, -0.05) is 0 Å². The number of likely N-dealkylation sites (N-methyl/N-ethyl adjacent to an activating group) is 1. The highest BCUT2D eigenvalue weighted by Crippen LogP contribution is 2.29. The lowest BCUT2D eigenvalue weighted by Crippen LogP contribution is -2.46. The number of carboxylic acids is 1. The maximum absolute atomic E-state index is 12.6. The minimum absolute atomic E-state index is 0.0374. The Morgan fingerprint density at radius 1 is 1.23 bits per heavy atom. The first-order valence-corrected chi connectivity index (χ1v) is 8.03. The van der Waals surface area contributed by atoms with E-state index < -0.39 is 35.4 Å². The minimum Gasteiger partial charge on any atom is -0.481 e. The van der Waals surface area contributed by atoms with Crippen molar-refractivity contribution in [1.82, 2.24) is 9.80 Å². The number of amides is 2. The van der Waals surface area contributed by atoms with Crippen LogP contribution in [0, 0.1) is 5.92 Å². The van der Waals surface area contributed by atoms with Gasteiger partial charge in [-0.3, -0.25) is 14.4 Å². The second-order valence-electron chi connectivity index (χ2n) is 6.25. The van der Waals surface area contributed by atoms with E-state index in [9.17, 15) is 27.6 Å². The van der Waals surface area contributed by atoms with E-state index in [0.717, 1.165) is 29.2 Å². The van der Waals surface area contributed by atoms with Crippen molar-refractivity contribution < 1.29 is 32.7 Å². The number of carbonyl (C=O) groups excluding carboxylic acids is 2. The number of carboxylic acid groups (broad SMARTS) is 1. The van der Waals surface area contributed by atoms with E-state index in [1.807, 2.05) is 0 Å². The van der Waals surface area contributed by atoms with Crippen molar-refractivity contribution in [1.29, 1.82) is 0 Å². The Kier molecular flexibility index (Phi) is 5.89. The van der Waals surface area contributed by atoms with Gasteiger partial charge >= 0.3 is 12.1 Å². The summed E-state index contributed by atoms with van der Waals surface area (Å²) in [6.45, 7) is 0.244. The first kappa shape index (κ1) is 19.7. The molecule has 0 spiro atoms. The lowest BCUT2D eigenvalue weighted by Gasteiger charge is -2.32. The Morgan fingerprint density at radius 2 is 1.85 bits per heavy atom. The van der Waals surface area contributed by atoms with E-state index in [1.54, 1.807) is 0 Å². The molecule has 1 atom stereocenters. The Hall–Kier alpha value is -2.58. The highest BCUT2D eigenvalue weighted by molar-refractivity contribution is 5.96. The van der Waals surface area contributed by atoms with E-state index in [4.69, 9.17) is 5.11 Å². The molecule has 1 aliphatic heterocycles. The zero-order chi connectivity index (χ0) is 19.5. The van der Waals surface area contributed by atoms with Crippen molar-refractivity contribution >= 4 is 17.8 Å². The van der Waals surface area contributed by atoms with Gasteiger partial charge in [0, 0.05) is 25.7 Å². The van der Waals surface area contributed by atoms with Crippen molar-refractivity contribution in [2.24, 2.45) is 5.92 Å². The monoisotopic (exact) mass is 372 g/mol. The molecule has 2 rings (SSSR count). The molecule has 1 fully saturated rings. The molecule has 0 aromatic heterocycles. The molecule has 0 saturated carbocycles. The summed E-state index contributed by atoms with van der Waals surface area (Å²) in [5.74, 6) is -2.56. The van der Waals surface area contributed by atoms with Crippen LogP contribution in [0.3, 0.4) is 0 Å². The first-order chi connectivity index (χ1) is 12.1. The quantitative estimate of drug-likeness (QED) is 0.878. The molecule has 1 aliphatic rings. The molecule has 1 saturated heterocycles. The number of hydrogen-bond acceptors (Lipinski definition) is 3. The largest absolute Gasteiger partial charge is 0.481 e. The van der Waals surface area contributed by atoms with Crippen molar-refractivity contribution in [3.05, 3.63) is 35.4 Å². The van der Waals surface area contributed by atoms with Crippen LogP contribution in [0.25, 0.3) is 0 Å². The van der Waals surface area contributed by atoms with E-state index in [-0.39, 0.29) is 18.7 Å². The third kappa shape index (κ3) is 4.74. The number of carbonyl (C=O) groups is 3.